The molecule has 1 atom stereocenters. The molecule has 4 nitrogen and oxygen atoms in total. The fraction of sp³-hybridized carbons (Fsp3) is 0.538. The Morgan fingerprint density at radius 2 is 2.17 bits per heavy atom. The van der Waals surface area contributed by atoms with Gasteiger partial charge in [0.25, 0.3) is 0 Å². The first kappa shape index (κ1) is 13.4. The van der Waals surface area contributed by atoms with Crippen molar-refractivity contribution in [2.24, 2.45) is 0 Å². The summed E-state index contributed by atoms with van der Waals surface area (Å²) in [7, 11) is -2.85. The predicted molar refractivity (Wildman–Crippen MR) is 74.1 cm³/mol. The molecule has 2 N–H and O–H groups in total. The molecule has 0 spiro atoms. The predicted octanol–water partition coefficient (Wildman–Crippen LogP) is 1.20. The summed E-state index contributed by atoms with van der Waals surface area (Å²) < 4.78 is 23.1. The molecule has 1 aliphatic heterocycles. The second-order valence-corrected chi connectivity index (χ2v) is 7.36. The number of hydrogen-bond acceptors (Lipinski definition) is 4. The molecule has 1 aliphatic rings. The van der Waals surface area contributed by atoms with Crippen molar-refractivity contribution in [2.75, 3.05) is 23.8 Å². The molecular formula is C13H20N2O2S. The van der Waals surface area contributed by atoms with E-state index in [0.29, 0.717) is 6.54 Å². The summed E-state index contributed by atoms with van der Waals surface area (Å²) in [5.41, 5.74) is 9.00. The first-order chi connectivity index (χ1) is 8.37. The van der Waals surface area contributed by atoms with Crippen LogP contribution in [0.25, 0.3) is 0 Å². The minimum Gasteiger partial charge on any atom is -0.398 e. The Kier molecular flexibility index (Phi) is 3.64. The Labute approximate surface area is 109 Å². The second-order valence-electron chi connectivity index (χ2n) is 5.14. The van der Waals surface area contributed by atoms with E-state index in [1.54, 1.807) is 0 Å². The van der Waals surface area contributed by atoms with E-state index in [4.69, 9.17) is 5.73 Å². The highest BCUT2D eigenvalue weighted by Crippen LogP contribution is 2.20. The molecule has 0 saturated carbocycles. The molecule has 100 valence electrons. The molecule has 2 rings (SSSR count). The van der Waals surface area contributed by atoms with Gasteiger partial charge in [-0.2, -0.15) is 0 Å². The third-order valence-electron chi connectivity index (χ3n) is 3.48. The first-order valence-corrected chi connectivity index (χ1v) is 7.99. The van der Waals surface area contributed by atoms with E-state index in [0.717, 1.165) is 17.8 Å². The smallest absolute Gasteiger partial charge is 0.153 e. The monoisotopic (exact) mass is 268 g/mol. The van der Waals surface area contributed by atoms with E-state index in [1.807, 2.05) is 26.0 Å². The van der Waals surface area contributed by atoms with Gasteiger partial charge in [0.05, 0.1) is 11.5 Å². The van der Waals surface area contributed by atoms with Crippen LogP contribution in [0.15, 0.2) is 18.2 Å². The maximum atomic E-state index is 11.5. The van der Waals surface area contributed by atoms with Crippen molar-refractivity contribution in [1.29, 1.82) is 0 Å². The Morgan fingerprint density at radius 3 is 2.83 bits per heavy atom. The Hall–Kier alpha value is -1.07. The average molecular weight is 268 g/mol. The molecule has 0 aromatic heterocycles. The molecule has 1 saturated heterocycles. The molecule has 1 aromatic rings. The SMILES string of the molecule is Cc1ccc(N)c(CN2CCS(=O)(=O)CC2C)c1. The minimum atomic E-state index is -2.85. The van der Waals surface area contributed by atoms with Crippen LogP contribution in [-0.4, -0.2) is 37.4 Å². The zero-order chi connectivity index (χ0) is 13.3. The topological polar surface area (TPSA) is 63.4 Å². The molecule has 1 unspecified atom stereocenters. The van der Waals surface area contributed by atoms with Gasteiger partial charge in [-0.3, -0.25) is 4.90 Å². The maximum absolute atomic E-state index is 11.5. The van der Waals surface area contributed by atoms with Gasteiger partial charge in [-0.1, -0.05) is 17.7 Å². The molecule has 1 aromatic carbocycles. The molecule has 1 fully saturated rings. The summed E-state index contributed by atoms with van der Waals surface area (Å²) in [5, 5.41) is 0. The van der Waals surface area contributed by atoms with Gasteiger partial charge in [-0.15, -0.1) is 0 Å². The van der Waals surface area contributed by atoms with Crippen molar-refractivity contribution in [3.63, 3.8) is 0 Å². The molecule has 18 heavy (non-hydrogen) atoms. The highest BCUT2D eigenvalue weighted by atomic mass is 32.2. The summed E-state index contributed by atoms with van der Waals surface area (Å²) in [6, 6.07) is 6.04. The number of hydrogen-bond donors (Lipinski definition) is 1. The fourth-order valence-corrected chi connectivity index (χ4v) is 3.98. The zero-order valence-electron chi connectivity index (χ0n) is 10.9. The van der Waals surface area contributed by atoms with Crippen LogP contribution in [0.5, 0.6) is 0 Å². The summed E-state index contributed by atoms with van der Waals surface area (Å²) in [5.74, 6) is 0.502. The van der Waals surface area contributed by atoms with Crippen LogP contribution in [0, 0.1) is 6.92 Å². The van der Waals surface area contributed by atoms with Crippen molar-refractivity contribution in [3.05, 3.63) is 29.3 Å². The van der Waals surface area contributed by atoms with Crippen LogP contribution in [0.3, 0.4) is 0 Å². The number of benzene rings is 1. The summed E-state index contributed by atoms with van der Waals surface area (Å²) >= 11 is 0. The van der Waals surface area contributed by atoms with Gasteiger partial charge < -0.3 is 5.73 Å². The quantitative estimate of drug-likeness (QED) is 0.819. The van der Waals surface area contributed by atoms with Crippen molar-refractivity contribution in [3.8, 4) is 0 Å². The molecule has 0 aliphatic carbocycles. The highest BCUT2D eigenvalue weighted by molar-refractivity contribution is 7.91. The number of aryl methyl sites for hydroxylation is 1. The van der Waals surface area contributed by atoms with Crippen LogP contribution >= 0.6 is 0 Å². The van der Waals surface area contributed by atoms with E-state index in [1.165, 1.54) is 5.56 Å². The summed E-state index contributed by atoms with van der Waals surface area (Å²) in [6.45, 7) is 5.32. The average Bonchev–Trinajstić information content (AvgIpc) is 2.26. The zero-order valence-corrected chi connectivity index (χ0v) is 11.7. The number of anilines is 1. The normalized spacial score (nSPS) is 24.0. The largest absolute Gasteiger partial charge is 0.398 e. The van der Waals surface area contributed by atoms with Crippen molar-refractivity contribution >= 4 is 15.5 Å². The molecular weight excluding hydrogens is 248 g/mol. The van der Waals surface area contributed by atoms with E-state index in [-0.39, 0.29) is 17.5 Å². The van der Waals surface area contributed by atoms with Gasteiger partial charge >= 0.3 is 0 Å². The van der Waals surface area contributed by atoms with Crippen LogP contribution in [0.1, 0.15) is 18.1 Å². The molecule has 5 heteroatoms. The number of sulfone groups is 1. The van der Waals surface area contributed by atoms with E-state index >= 15 is 0 Å². The Balaban J connectivity index is 2.12. The van der Waals surface area contributed by atoms with Crippen LogP contribution < -0.4 is 5.73 Å². The standard InChI is InChI=1S/C13H20N2O2S/c1-10-3-4-13(14)12(7-10)8-15-5-6-18(16,17)9-11(15)2/h3-4,7,11H,5-6,8-9,14H2,1-2H3. The minimum absolute atomic E-state index is 0.0589. The number of nitrogens with two attached hydrogens (primary N) is 1. The maximum Gasteiger partial charge on any atom is 0.153 e. The van der Waals surface area contributed by atoms with E-state index < -0.39 is 9.84 Å². The lowest BCUT2D eigenvalue weighted by Gasteiger charge is -2.33. The second kappa shape index (κ2) is 4.90. The number of nitrogen functional groups attached to an aromatic ring is 1. The third kappa shape index (κ3) is 3.03. The van der Waals surface area contributed by atoms with Gasteiger partial charge in [0.2, 0.25) is 0 Å². The Morgan fingerprint density at radius 1 is 1.44 bits per heavy atom. The van der Waals surface area contributed by atoms with E-state index in [2.05, 4.69) is 11.0 Å². The van der Waals surface area contributed by atoms with Gasteiger partial charge in [0.1, 0.15) is 0 Å². The summed E-state index contributed by atoms with van der Waals surface area (Å²) in [4.78, 5) is 2.19. The van der Waals surface area contributed by atoms with Crippen molar-refractivity contribution in [1.82, 2.24) is 4.90 Å². The Bertz CT molecular complexity index is 540. The summed E-state index contributed by atoms with van der Waals surface area (Å²) in [6.07, 6.45) is 0. The van der Waals surface area contributed by atoms with Crippen LogP contribution in [0.4, 0.5) is 5.69 Å². The lowest BCUT2D eigenvalue weighted by Crippen LogP contribution is -2.46. The van der Waals surface area contributed by atoms with E-state index in [9.17, 15) is 8.42 Å². The van der Waals surface area contributed by atoms with Gasteiger partial charge in [0, 0.05) is 24.8 Å². The molecule has 0 bridgehead atoms. The lowest BCUT2D eigenvalue weighted by molar-refractivity contribution is 0.218. The lowest BCUT2D eigenvalue weighted by atomic mass is 10.1. The molecule has 0 amide bonds. The first-order valence-electron chi connectivity index (χ1n) is 6.17. The molecule has 0 radical (unpaired) electrons. The number of nitrogens with zero attached hydrogens (tertiary/aromatic N) is 1. The number of rotatable bonds is 2. The van der Waals surface area contributed by atoms with Crippen molar-refractivity contribution < 1.29 is 8.42 Å². The van der Waals surface area contributed by atoms with Crippen LogP contribution in [-0.2, 0) is 16.4 Å². The van der Waals surface area contributed by atoms with Gasteiger partial charge in [0.15, 0.2) is 9.84 Å². The van der Waals surface area contributed by atoms with Gasteiger partial charge in [-0.25, -0.2) is 8.42 Å². The van der Waals surface area contributed by atoms with Crippen molar-refractivity contribution in [2.45, 2.75) is 26.4 Å². The fourth-order valence-electron chi connectivity index (χ4n) is 2.36. The third-order valence-corrected chi connectivity index (χ3v) is 5.27. The molecule has 1 heterocycles. The van der Waals surface area contributed by atoms with Crippen LogP contribution in [0.2, 0.25) is 0 Å². The van der Waals surface area contributed by atoms with Gasteiger partial charge in [-0.05, 0) is 25.5 Å². The highest BCUT2D eigenvalue weighted by Gasteiger charge is 2.28.